The Morgan fingerprint density at radius 1 is 1.07 bits per heavy atom. The Bertz CT molecular complexity index is 1080. The molecule has 1 fully saturated rings. The van der Waals surface area contributed by atoms with Crippen LogP contribution in [0.25, 0.3) is 22.4 Å². The van der Waals surface area contributed by atoms with Crippen molar-refractivity contribution in [2.45, 2.75) is 24.2 Å². The first-order valence-corrected chi connectivity index (χ1v) is 11.6. The van der Waals surface area contributed by atoms with Gasteiger partial charge in [0.1, 0.15) is 15.7 Å². The molecule has 146 valence electrons. The number of aromatic nitrogens is 1. The lowest BCUT2D eigenvalue weighted by Crippen LogP contribution is -2.35. The number of para-hydroxylation sites is 1. The van der Waals surface area contributed by atoms with Gasteiger partial charge in [-0.15, -0.1) is 11.3 Å². The minimum atomic E-state index is -3.57. The number of hydrogen-bond donors (Lipinski definition) is 0. The molecular formula is C21H22N2O3S2. The summed E-state index contributed by atoms with van der Waals surface area (Å²) in [5, 5.41) is 0.887. The molecule has 1 aliphatic rings. The normalized spacial score (nSPS) is 16.0. The Labute approximate surface area is 169 Å². The van der Waals surface area contributed by atoms with E-state index in [0.29, 0.717) is 18.8 Å². The number of ether oxygens (including phenoxy) is 1. The highest BCUT2D eigenvalue weighted by Gasteiger charge is 2.28. The Morgan fingerprint density at radius 3 is 2.61 bits per heavy atom. The molecule has 1 saturated heterocycles. The van der Waals surface area contributed by atoms with E-state index in [1.807, 2.05) is 42.5 Å². The average Bonchev–Trinajstić information content (AvgIpc) is 3.15. The summed E-state index contributed by atoms with van der Waals surface area (Å²) >= 11 is 1.61. The van der Waals surface area contributed by atoms with Crippen LogP contribution in [0.3, 0.4) is 0 Å². The highest BCUT2D eigenvalue weighted by molar-refractivity contribution is 7.89. The Morgan fingerprint density at radius 2 is 1.86 bits per heavy atom. The summed E-state index contributed by atoms with van der Waals surface area (Å²) in [6, 6.07) is 13.3. The molecule has 2 heterocycles. The molecule has 28 heavy (non-hydrogen) atoms. The molecule has 0 aliphatic carbocycles. The van der Waals surface area contributed by atoms with E-state index >= 15 is 0 Å². The Balaban J connectivity index is 1.66. The second-order valence-electron chi connectivity index (χ2n) is 6.73. The van der Waals surface area contributed by atoms with Crippen LogP contribution in [-0.2, 0) is 10.0 Å². The van der Waals surface area contributed by atoms with Crippen LogP contribution in [-0.4, -0.2) is 37.9 Å². The van der Waals surface area contributed by atoms with Crippen molar-refractivity contribution in [3.63, 3.8) is 0 Å². The quantitative estimate of drug-likeness (QED) is 0.610. The van der Waals surface area contributed by atoms with E-state index in [2.05, 4.69) is 4.98 Å². The largest absolute Gasteiger partial charge is 0.495 e. The minimum absolute atomic E-state index is 0.225. The fourth-order valence-electron chi connectivity index (χ4n) is 3.37. The molecular weight excluding hydrogens is 392 g/mol. The van der Waals surface area contributed by atoms with E-state index in [0.717, 1.165) is 40.1 Å². The summed E-state index contributed by atoms with van der Waals surface area (Å²) in [4.78, 5) is 4.81. The van der Waals surface area contributed by atoms with Crippen molar-refractivity contribution >= 4 is 43.7 Å². The molecule has 1 aromatic heterocycles. The van der Waals surface area contributed by atoms with Crippen LogP contribution in [0.15, 0.2) is 47.4 Å². The molecule has 0 bridgehead atoms. The molecule has 0 amide bonds. The maximum absolute atomic E-state index is 13.1. The lowest BCUT2D eigenvalue weighted by molar-refractivity contribution is 0.342. The van der Waals surface area contributed by atoms with Gasteiger partial charge >= 0.3 is 0 Å². The Kier molecular flexibility index (Phi) is 5.48. The molecule has 0 N–H and O–H groups in total. The summed E-state index contributed by atoms with van der Waals surface area (Å²) in [6.45, 7) is 1.13. The van der Waals surface area contributed by atoms with Gasteiger partial charge in [0.05, 0.1) is 17.3 Å². The molecule has 0 radical (unpaired) electrons. The van der Waals surface area contributed by atoms with E-state index in [1.54, 1.807) is 27.8 Å². The highest BCUT2D eigenvalue weighted by Crippen LogP contribution is 2.30. The zero-order valence-electron chi connectivity index (χ0n) is 15.7. The number of fused-ring (bicyclic) bond motifs is 1. The smallest absolute Gasteiger partial charge is 0.246 e. The van der Waals surface area contributed by atoms with Gasteiger partial charge in [-0.1, -0.05) is 30.7 Å². The van der Waals surface area contributed by atoms with Crippen LogP contribution < -0.4 is 4.74 Å². The number of piperidine rings is 1. The zero-order valence-corrected chi connectivity index (χ0v) is 17.3. The van der Waals surface area contributed by atoms with E-state index in [-0.39, 0.29) is 4.90 Å². The molecule has 3 aromatic rings. The van der Waals surface area contributed by atoms with Gasteiger partial charge in [0, 0.05) is 13.1 Å². The van der Waals surface area contributed by atoms with Crippen molar-refractivity contribution in [3.05, 3.63) is 53.0 Å². The second-order valence-corrected chi connectivity index (χ2v) is 9.70. The third-order valence-electron chi connectivity index (χ3n) is 4.85. The summed E-state index contributed by atoms with van der Waals surface area (Å²) < 4.78 is 34.3. The average molecular weight is 415 g/mol. The summed E-state index contributed by atoms with van der Waals surface area (Å²) in [7, 11) is -2.07. The molecule has 5 nitrogen and oxygen atoms in total. The number of nitrogens with zero attached hydrogens (tertiary/aromatic N) is 2. The summed E-state index contributed by atoms with van der Waals surface area (Å²) in [5.41, 5.74) is 1.77. The third-order valence-corrected chi connectivity index (χ3v) is 7.77. The lowest BCUT2D eigenvalue weighted by Gasteiger charge is -2.26. The van der Waals surface area contributed by atoms with Crippen molar-refractivity contribution in [2.24, 2.45) is 0 Å². The van der Waals surface area contributed by atoms with Crippen LogP contribution in [0.2, 0.25) is 0 Å². The molecule has 7 heteroatoms. The van der Waals surface area contributed by atoms with Crippen molar-refractivity contribution in [1.82, 2.24) is 9.29 Å². The predicted octanol–water partition coefficient (Wildman–Crippen LogP) is 4.65. The van der Waals surface area contributed by atoms with E-state index in [9.17, 15) is 8.42 Å². The minimum Gasteiger partial charge on any atom is -0.495 e. The standard InChI is InChI=1S/C21H22N2O3S2/c1-26-18-11-9-16(10-12-21-22-17-7-3-4-8-19(17)27-21)15-20(18)28(24,25)23-13-5-2-6-14-23/h3-4,7-12,15H,2,5-6,13-14H2,1H3/b12-10+. The zero-order chi connectivity index (χ0) is 19.6. The molecule has 0 atom stereocenters. The fraction of sp³-hybridized carbons (Fsp3) is 0.286. The van der Waals surface area contributed by atoms with Gasteiger partial charge in [0.25, 0.3) is 0 Å². The van der Waals surface area contributed by atoms with Gasteiger partial charge in [-0.2, -0.15) is 4.31 Å². The first-order chi connectivity index (χ1) is 13.6. The number of methoxy groups -OCH3 is 1. The maximum Gasteiger partial charge on any atom is 0.246 e. The molecule has 0 saturated carbocycles. The van der Waals surface area contributed by atoms with Crippen molar-refractivity contribution in [2.75, 3.05) is 20.2 Å². The van der Waals surface area contributed by atoms with Crippen molar-refractivity contribution in [1.29, 1.82) is 0 Å². The molecule has 2 aromatic carbocycles. The van der Waals surface area contributed by atoms with Crippen LogP contribution in [0.4, 0.5) is 0 Å². The lowest BCUT2D eigenvalue weighted by atomic mass is 10.2. The van der Waals surface area contributed by atoms with Crippen molar-refractivity contribution in [3.8, 4) is 5.75 Å². The highest BCUT2D eigenvalue weighted by atomic mass is 32.2. The van der Waals surface area contributed by atoms with E-state index in [1.165, 1.54) is 7.11 Å². The van der Waals surface area contributed by atoms with E-state index < -0.39 is 10.0 Å². The van der Waals surface area contributed by atoms with Crippen LogP contribution in [0.5, 0.6) is 5.75 Å². The fourth-order valence-corrected chi connectivity index (χ4v) is 5.95. The monoisotopic (exact) mass is 414 g/mol. The summed E-state index contributed by atoms with van der Waals surface area (Å²) in [6.07, 6.45) is 6.70. The topological polar surface area (TPSA) is 59.5 Å². The molecule has 4 rings (SSSR count). The van der Waals surface area contributed by atoms with Crippen molar-refractivity contribution < 1.29 is 13.2 Å². The number of sulfonamides is 1. The number of benzene rings is 2. The van der Waals surface area contributed by atoms with Crippen LogP contribution >= 0.6 is 11.3 Å². The maximum atomic E-state index is 13.1. The van der Waals surface area contributed by atoms with Crippen LogP contribution in [0, 0.1) is 0 Å². The third kappa shape index (κ3) is 3.83. The SMILES string of the molecule is COc1ccc(/C=C/c2nc3ccccc3s2)cc1S(=O)(=O)N1CCCCC1. The van der Waals surface area contributed by atoms with Gasteiger partial charge in [-0.25, -0.2) is 13.4 Å². The van der Waals surface area contributed by atoms with Gasteiger partial charge in [0.2, 0.25) is 10.0 Å². The molecule has 1 aliphatic heterocycles. The van der Waals surface area contributed by atoms with Gasteiger partial charge in [-0.3, -0.25) is 0 Å². The summed E-state index contributed by atoms with van der Waals surface area (Å²) in [5.74, 6) is 0.378. The predicted molar refractivity (Wildman–Crippen MR) is 114 cm³/mol. The van der Waals surface area contributed by atoms with Gasteiger partial charge < -0.3 is 4.74 Å². The number of hydrogen-bond acceptors (Lipinski definition) is 5. The molecule has 0 unspecified atom stereocenters. The first-order valence-electron chi connectivity index (χ1n) is 9.30. The van der Waals surface area contributed by atoms with Gasteiger partial charge in [-0.05, 0) is 48.7 Å². The number of thiazole rings is 1. The second kappa shape index (κ2) is 8.03. The number of rotatable bonds is 5. The van der Waals surface area contributed by atoms with E-state index in [4.69, 9.17) is 4.74 Å². The van der Waals surface area contributed by atoms with Crippen LogP contribution in [0.1, 0.15) is 29.8 Å². The first kappa shape index (κ1) is 19.1. The Hall–Kier alpha value is -2.22. The van der Waals surface area contributed by atoms with Gasteiger partial charge in [0.15, 0.2) is 0 Å². The molecule has 0 spiro atoms.